The number of hydrogen-bond acceptors (Lipinski definition) is 2. The first-order valence-corrected chi connectivity index (χ1v) is 3.07. The molecule has 38 valence electrons. The first-order chi connectivity index (χ1) is 3.39. The molecule has 0 aromatic rings. The lowest BCUT2D eigenvalue weighted by molar-refractivity contribution is 0.650. The van der Waals surface area contributed by atoms with Gasteiger partial charge in [-0.1, -0.05) is 0 Å². The number of rotatable bonds is 0. The molecular formula is C4H8N2Si. The van der Waals surface area contributed by atoms with Gasteiger partial charge in [0, 0.05) is 12.8 Å². The van der Waals surface area contributed by atoms with Crippen LogP contribution in [0.25, 0.3) is 0 Å². The van der Waals surface area contributed by atoms with Gasteiger partial charge in [-0.2, -0.15) is 0 Å². The molecule has 0 amide bonds. The van der Waals surface area contributed by atoms with Gasteiger partial charge in [0.05, 0.1) is 16.0 Å². The van der Waals surface area contributed by atoms with E-state index in [1.165, 1.54) is 0 Å². The van der Waals surface area contributed by atoms with Gasteiger partial charge in [0.2, 0.25) is 0 Å². The molecule has 0 bridgehead atoms. The van der Waals surface area contributed by atoms with Crippen molar-refractivity contribution < 1.29 is 0 Å². The van der Waals surface area contributed by atoms with E-state index in [-0.39, 0.29) is 5.79 Å². The third-order valence-corrected chi connectivity index (χ3v) is 1.30. The molecule has 0 saturated carbocycles. The Kier molecular flexibility index (Phi) is 1.59. The largest absolute Gasteiger partial charge is 0.299 e. The highest BCUT2D eigenvalue weighted by Gasteiger charge is 1.97. The molecule has 0 fully saturated rings. The Balaban J connectivity index is 2.36. The molecule has 1 unspecified atom stereocenters. The van der Waals surface area contributed by atoms with Crippen LogP contribution < -0.4 is 5.32 Å². The van der Waals surface area contributed by atoms with Crippen molar-refractivity contribution in [3.05, 3.63) is 0 Å². The van der Waals surface area contributed by atoms with E-state index in [0.29, 0.717) is 0 Å². The zero-order chi connectivity index (χ0) is 5.11. The van der Waals surface area contributed by atoms with Crippen LogP contribution in [0.4, 0.5) is 0 Å². The molecule has 1 heterocycles. The molecule has 7 heavy (non-hydrogen) atoms. The summed E-state index contributed by atoms with van der Waals surface area (Å²) >= 11 is 0. The zero-order valence-electron chi connectivity index (χ0n) is 4.09. The van der Waals surface area contributed by atoms with Gasteiger partial charge in [-0.25, -0.2) is 0 Å². The summed E-state index contributed by atoms with van der Waals surface area (Å²) in [4.78, 5) is 4.06. The van der Waals surface area contributed by atoms with Gasteiger partial charge in [-0.15, -0.1) is 0 Å². The summed E-state index contributed by atoms with van der Waals surface area (Å²) in [6.45, 7) is 1.07. The third-order valence-electron chi connectivity index (χ3n) is 0.893. The third kappa shape index (κ3) is 1.41. The molecule has 1 aliphatic rings. The number of nitrogens with zero attached hydrogens (tertiary/aromatic N) is 1. The second-order valence-corrected chi connectivity index (χ2v) is 2.15. The molecule has 2 nitrogen and oxygen atoms in total. The molecule has 1 N–H and O–H groups in total. The number of aliphatic imine (C=N–C) groups is 1. The number of hydrogen-bond donors (Lipinski definition) is 1. The lowest BCUT2D eigenvalue weighted by Crippen LogP contribution is -2.31. The Labute approximate surface area is 46.4 Å². The molecule has 1 atom stereocenters. The van der Waals surface area contributed by atoms with E-state index in [2.05, 4.69) is 20.6 Å². The van der Waals surface area contributed by atoms with Crippen molar-refractivity contribution in [1.82, 2.24) is 5.32 Å². The van der Waals surface area contributed by atoms with Crippen LogP contribution in [0, 0.1) is 0 Å². The normalized spacial score (nSPS) is 30.7. The van der Waals surface area contributed by atoms with Crippen LogP contribution in [0.15, 0.2) is 4.99 Å². The summed E-state index contributed by atoms with van der Waals surface area (Å²) < 4.78 is 0. The average molecular weight is 112 g/mol. The molecular weight excluding hydrogens is 104 g/mol. The van der Waals surface area contributed by atoms with Crippen molar-refractivity contribution in [2.75, 3.05) is 6.54 Å². The maximum atomic E-state index is 4.06. The smallest absolute Gasteiger partial charge is 0.0787 e. The fourth-order valence-corrected chi connectivity index (χ4v) is 0.825. The molecule has 1 aliphatic heterocycles. The molecule has 0 aliphatic carbocycles. The van der Waals surface area contributed by atoms with Crippen molar-refractivity contribution >= 4 is 16.5 Å². The fourth-order valence-electron chi connectivity index (χ4n) is 0.537. The topological polar surface area (TPSA) is 24.4 Å². The highest BCUT2D eigenvalue weighted by Crippen LogP contribution is 1.85. The summed E-state index contributed by atoms with van der Waals surface area (Å²) in [6.07, 6.45) is 3.03. The van der Waals surface area contributed by atoms with Crippen LogP contribution >= 0.6 is 0 Å². The minimum absolute atomic E-state index is 0.272. The van der Waals surface area contributed by atoms with Gasteiger partial charge in [0.1, 0.15) is 0 Å². The van der Waals surface area contributed by atoms with Crippen molar-refractivity contribution in [1.29, 1.82) is 0 Å². The average Bonchev–Trinajstić information content (AvgIpc) is 1.69. The Morgan fingerprint density at radius 2 is 2.71 bits per heavy atom. The first kappa shape index (κ1) is 4.99. The molecule has 0 spiro atoms. The predicted molar refractivity (Wildman–Crippen MR) is 32.0 cm³/mol. The Morgan fingerprint density at radius 3 is 3.00 bits per heavy atom. The van der Waals surface area contributed by atoms with Gasteiger partial charge < -0.3 is 0 Å². The maximum Gasteiger partial charge on any atom is 0.0787 e. The molecule has 1 rings (SSSR count). The summed E-state index contributed by atoms with van der Waals surface area (Å²) in [6, 6.07) is 0. The van der Waals surface area contributed by atoms with Crippen LogP contribution in [0.1, 0.15) is 6.42 Å². The van der Waals surface area contributed by atoms with E-state index in [0.717, 1.165) is 13.0 Å². The van der Waals surface area contributed by atoms with E-state index in [1.807, 2.05) is 6.21 Å². The van der Waals surface area contributed by atoms with Crippen LogP contribution in [-0.4, -0.2) is 28.8 Å². The second-order valence-electron chi connectivity index (χ2n) is 1.52. The van der Waals surface area contributed by atoms with E-state index in [1.54, 1.807) is 0 Å². The summed E-state index contributed by atoms with van der Waals surface area (Å²) in [5.41, 5.74) is 0. The molecule has 0 saturated heterocycles. The van der Waals surface area contributed by atoms with Gasteiger partial charge in [0.25, 0.3) is 0 Å². The van der Waals surface area contributed by atoms with Gasteiger partial charge in [-0.3, -0.25) is 10.3 Å². The second kappa shape index (κ2) is 2.23. The van der Waals surface area contributed by atoms with E-state index in [4.69, 9.17) is 0 Å². The van der Waals surface area contributed by atoms with Crippen molar-refractivity contribution in [3.63, 3.8) is 0 Å². The van der Waals surface area contributed by atoms with Crippen LogP contribution in [0.5, 0.6) is 0 Å². The van der Waals surface area contributed by atoms with E-state index < -0.39 is 0 Å². The first-order valence-electron chi connectivity index (χ1n) is 2.40. The van der Waals surface area contributed by atoms with Crippen LogP contribution in [0.2, 0.25) is 0 Å². The van der Waals surface area contributed by atoms with Crippen molar-refractivity contribution in [2.45, 2.75) is 12.2 Å². The monoisotopic (exact) mass is 112 g/mol. The molecule has 0 aromatic heterocycles. The quantitative estimate of drug-likeness (QED) is 0.409. The molecule has 3 heteroatoms. The van der Waals surface area contributed by atoms with Crippen LogP contribution in [-0.2, 0) is 0 Å². The standard InChI is InChI=1S/C4H8N2Si/c7-4-5-2-1-3-6-4/h2,4,6-7H,1,3H2. The minimum atomic E-state index is 0.272. The molecule has 0 aromatic carbocycles. The Morgan fingerprint density at radius 1 is 1.86 bits per heavy atom. The van der Waals surface area contributed by atoms with Crippen molar-refractivity contribution in [2.24, 2.45) is 4.99 Å². The summed E-state index contributed by atoms with van der Waals surface area (Å²) in [5, 5.41) is 3.15. The number of nitrogens with one attached hydrogen (secondary N) is 1. The van der Waals surface area contributed by atoms with E-state index >= 15 is 0 Å². The predicted octanol–water partition coefficient (Wildman–Crippen LogP) is -0.765. The molecule has 2 radical (unpaired) electrons. The Hall–Kier alpha value is -0.153. The highest BCUT2D eigenvalue weighted by molar-refractivity contribution is 6.12. The van der Waals surface area contributed by atoms with Crippen molar-refractivity contribution in [3.8, 4) is 0 Å². The van der Waals surface area contributed by atoms with Crippen LogP contribution in [0.3, 0.4) is 0 Å². The Bertz CT molecular complexity index is 81.8. The minimum Gasteiger partial charge on any atom is -0.299 e. The lowest BCUT2D eigenvalue weighted by atomic mass is 10.4. The van der Waals surface area contributed by atoms with E-state index in [9.17, 15) is 0 Å². The highest BCUT2D eigenvalue weighted by atomic mass is 28.1. The lowest BCUT2D eigenvalue weighted by Gasteiger charge is -2.11. The summed E-state index contributed by atoms with van der Waals surface area (Å²) in [5.74, 6) is 0.272. The zero-order valence-corrected chi connectivity index (χ0v) is 5.25. The van der Waals surface area contributed by atoms with Gasteiger partial charge in [0.15, 0.2) is 0 Å². The van der Waals surface area contributed by atoms with Gasteiger partial charge >= 0.3 is 0 Å². The maximum absolute atomic E-state index is 4.06. The summed E-state index contributed by atoms with van der Waals surface area (Å²) in [7, 11) is 2.60. The van der Waals surface area contributed by atoms with Gasteiger partial charge in [-0.05, 0) is 6.42 Å². The fraction of sp³-hybridized carbons (Fsp3) is 0.750. The SMILES string of the molecule is [SiH]C1N=CCCN1.